The number of carbonyl (C=O) groups excluding carboxylic acids is 3. The van der Waals surface area contributed by atoms with E-state index >= 15 is 0 Å². The Morgan fingerprint density at radius 1 is 1.43 bits per heavy atom. The van der Waals surface area contributed by atoms with Gasteiger partial charge in [-0.3, -0.25) is 19.8 Å². The maximum absolute atomic E-state index is 11.3. The Bertz CT molecular complexity index is 280. The molecule has 14 heavy (non-hydrogen) atoms. The first-order chi connectivity index (χ1) is 6.61. The van der Waals surface area contributed by atoms with Gasteiger partial charge in [0.2, 0.25) is 0 Å². The van der Waals surface area contributed by atoms with Gasteiger partial charge in [0.05, 0.1) is 6.04 Å². The molecule has 1 rings (SSSR count). The van der Waals surface area contributed by atoms with Gasteiger partial charge in [-0.15, -0.1) is 0 Å². The van der Waals surface area contributed by atoms with Gasteiger partial charge < -0.3 is 0 Å². The van der Waals surface area contributed by atoms with Gasteiger partial charge in [0, 0.05) is 5.75 Å². The molecule has 1 N–H and O–H groups in total. The number of urea groups is 1. The SMILES string of the molecule is CCC(CSC)N1C(=O)NC(=O)C1=O. The highest BCUT2D eigenvalue weighted by atomic mass is 32.2. The number of nitrogens with zero attached hydrogens (tertiary/aromatic N) is 1. The van der Waals surface area contributed by atoms with E-state index in [-0.39, 0.29) is 6.04 Å². The van der Waals surface area contributed by atoms with E-state index in [9.17, 15) is 14.4 Å². The lowest BCUT2D eigenvalue weighted by Crippen LogP contribution is -2.41. The van der Waals surface area contributed by atoms with E-state index in [0.717, 1.165) is 4.90 Å². The molecular formula is C8H12N2O3S. The van der Waals surface area contributed by atoms with Crippen molar-refractivity contribution < 1.29 is 14.4 Å². The zero-order valence-corrected chi connectivity index (χ0v) is 8.89. The lowest BCUT2D eigenvalue weighted by atomic mass is 10.2. The molecule has 0 aromatic carbocycles. The second kappa shape index (κ2) is 4.45. The minimum absolute atomic E-state index is 0.191. The number of imide groups is 2. The summed E-state index contributed by atoms with van der Waals surface area (Å²) >= 11 is 1.54. The summed E-state index contributed by atoms with van der Waals surface area (Å²) in [6.07, 6.45) is 2.55. The van der Waals surface area contributed by atoms with E-state index in [1.54, 1.807) is 11.8 Å². The topological polar surface area (TPSA) is 66.5 Å². The molecule has 0 aromatic rings. The van der Waals surface area contributed by atoms with Crippen LogP contribution >= 0.6 is 11.8 Å². The van der Waals surface area contributed by atoms with Gasteiger partial charge in [-0.2, -0.15) is 11.8 Å². The third-order valence-electron chi connectivity index (χ3n) is 2.05. The van der Waals surface area contributed by atoms with Crippen molar-refractivity contribution in [3.05, 3.63) is 0 Å². The fraction of sp³-hybridized carbons (Fsp3) is 0.625. The summed E-state index contributed by atoms with van der Waals surface area (Å²) in [4.78, 5) is 34.4. The van der Waals surface area contributed by atoms with Crippen LogP contribution in [0.1, 0.15) is 13.3 Å². The molecule has 78 valence electrons. The van der Waals surface area contributed by atoms with Gasteiger partial charge >= 0.3 is 17.8 Å². The average molecular weight is 216 g/mol. The van der Waals surface area contributed by atoms with Crippen LogP contribution in [0, 0.1) is 0 Å². The van der Waals surface area contributed by atoms with E-state index in [4.69, 9.17) is 0 Å². The molecule has 4 amide bonds. The third-order valence-corrected chi connectivity index (χ3v) is 2.77. The number of rotatable bonds is 4. The zero-order valence-electron chi connectivity index (χ0n) is 8.07. The van der Waals surface area contributed by atoms with Crippen LogP contribution in [0.5, 0.6) is 0 Å². The smallest absolute Gasteiger partial charge is 0.269 e. The standard InChI is InChI=1S/C8H12N2O3S/c1-3-5(4-14-2)10-7(12)6(11)9-8(10)13/h5H,3-4H2,1-2H3,(H,9,11,13). The highest BCUT2D eigenvalue weighted by molar-refractivity contribution is 7.98. The number of hydrogen-bond donors (Lipinski definition) is 1. The average Bonchev–Trinajstić information content (AvgIpc) is 2.39. The van der Waals surface area contributed by atoms with Gasteiger partial charge in [0.15, 0.2) is 0 Å². The normalized spacial score (nSPS) is 18.7. The summed E-state index contributed by atoms with van der Waals surface area (Å²) in [7, 11) is 0. The van der Waals surface area contributed by atoms with E-state index in [1.807, 2.05) is 18.5 Å². The highest BCUT2D eigenvalue weighted by Crippen LogP contribution is 2.13. The lowest BCUT2D eigenvalue weighted by molar-refractivity contribution is -0.140. The summed E-state index contributed by atoms with van der Waals surface area (Å²) in [5.74, 6) is -0.909. The van der Waals surface area contributed by atoms with Crippen molar-refractivity contribution in [1.29, 1.82) is 0 Å². The molecule has 1 unspecified atom stereocenters. The summed E-state index contributed by atoms with van der Waals surface area (Å²) in [6.45, 7) is 1.88. The quantitative estimate of drug-likeness (QED) is 0.538. The number of carbonyl (C=O) groups is 3. The molecule has 5 nitrogen and oxygen atoms in total. The highest BCUT2D eigenvalue weighted by Gasteiger charge is 2.40. The fourth-order valence-electron chi connectivity index (χ4n) is 1.31. The predicted molar refractivity (Wildman–Crippen MR) is 52.8 cm³/mol. The van der Waals surface area contributed by atoms with Gasteiger partial charge in [0.25, 0.3) is 0 Å². The van der Waals surface area contributed by atoms with Crippen molar-refractivity contribution >= 4 is 29.6 Å². The van der Waals surface area contributed by atoms with Crippen LogP contribution < -0.4 is 5.32 Å². The monoisotopic (exact) mass is 216 g/mol. The van der Waals surface area contributed by atoms with Crippen molar-refractivity contribution in [2.75, 3.05) is 12.0 Å². The Morgan fingerprint density at radius 3 is 2.43 bits per heavy atom. The summed E-state index contributed by atoms with van der Waals surface area (Å²) in [5.41, 5.74) is 0. The molecule has 6 heteroatoms. The van der Waals surface area contributed by atoms with E-state index in [2.05, 4.69) is 0 Å². The molecule has 0 radical (unpaired) electrons. The van der Waals surface area contributed by atoms with E-state index in [0.29, 0.717) is 12.2 Å². The van der Waals surface area contributed by atoms with Crippen molar-refractivity contribution in [2.24, 2.45) is 0 Å². The van der Waals surface area contributed by atoms with Crippen molar-refractivity contribution in [1.82, 2.24) is 10.2 Å². The van der Waals surface area contributed by atoms with Crippen LogP contribution in [0.3, 0.4) is 0 Å². The Balaban J connectivity index is 2.79. The van der Waals surface area contributed by atoms with Crippen LogP contribution in [-0.4, -0.2) is 40.8 Å². The van der Waals surface area contributed by atoms with Gasteiger partial charge in [-0.1, -0.05) is 6.92 Å². The first-order valence-corrected chi connectivity index (χ1v) is 5.68. The minimum Gasteiger partial charge on any atom is -0.269 e. The summed E-state index contributed by atoms with van der Waals surface area (Å²) in [5, 5.41) is 1.98. The molecular weight excluding hydrogens is 204 g/mol. The molecule has 0 spiro atoms. The van der Waals surface area contributed by atoms with E-state index in [1.165, 1.54) is 0 Å². The fourth-order valence-corrected chi connectivity index (χ4v) is 2.08. The Hall–Kier alpha value is -1.04. The first kappa shape index (κ1) is 11.0. The second-order valence-corrected chi connectivity index (χ2v) is 3.86. The van der Waals surface area contributed by atoms with Gasteiger partial charge in [-0.05, 0) is 12.7 Å². The molecule has 0 aromatic heterocycles. The molecule has 0 saturated carbocycles. The zero-order chi connectivity index (χ0) is 10.7. The van der Waals surface area contributed by atoms with Crippen LogP contribution in [0.2, 0.25) is 0 Å². The van der Waals surface area contributed by atoms with Crippen molar-refractivity contribution in [3.63, 3.8) is 0 Å². The number of amides is 4. The molecule has 1 aliphatic heterocycles. The van der Waals surface area contributed by atoms with Gasteiger partial charge in [0.1, 0.15) is 0 Å². The summed E-state index contributed by atoms with van der Waals surface area (Å²) < 4.78 is 0. The Kier molecular flexibility index (Phi) is 3.51. The minimum atomic E-state index is -0.824. The number of thioether (sulfide) groups is 1. The van der Waals surface area contributed by atoms with Crippen LogP contribution in [-0.2, 0) is 9.59 Å². The Labute approximate surface area is 86.2 Å². The van der Waals surface area contributed by atoms with Gasteiger partial charge in [-0.25, -0.2) is 4.79 Å². The predicted octanol–water partition coefficient (Wildman–Crippen LogP) is 0.206. The van der Waals surface area contributed by atoms with Crippen LogP contribution in [0.25, 0.3) is 0 Å². The first-order valence-electron chi connectivity index (χ1n) is 4.29. The lowest BCUT2D eigenvalue weighted by Gasteiger charge is -2.21. The molecule has 1 aliphatic rings. The second-order valence-electron chi connectivity index (χ2n) is 2.95. The molecule has 1 heterocycles. The number of nitrogens with one attached hydrogen (secondary N) is 1. The van der Waals surface area contributed by atoms with Crippen molar-refractivity contribution in [3.8, 4) is 0 Å². The largest absolute Gasteiger partial charge is 0.331 e. The summed E-state index contributed by atoms with van der Waals surface area (Å²) in [6, 6.07) is -0.787. The van der Waals surface area contributed by atoms with Crippen molar-refractivity contribution in [2.45, 2.75) is 19.4 Å². The molecule has 1 saturated heterocycles. The maximum Gasteiger partial charge on any atom is 0.331 e. The van der Waals surface area contributed by atoms with Crippen LogP contribution in [0.15, 0.2) is 0 Å². The van der Waals surface area contributed by atoms with E-state index < -0.39 is 17.8 Å². The molecule has 0 bridgehead atoms. The molecule has 1 atom stereocenters. The number of hydrogen-bond acceptors (Lipinski definition) is 4. The molecule has 0 aliphatic carbocycles. The molecule has 1 fully saturated rings. The maximum atomic E-state index is 11.3. The third kappa shape index (κ3) is 1.89. The Morgan fingerprint density at radius 2 is 2.07 bits per heavy atom. The van der Waals surface area contributed by atoms with Crippen LogP contribution in [0.4, 0.5) is 4.79 Å².